The Balaban J connectivity index is 1.91. The molecule has 1 aliphatic rings. The zero-order valence-electron chi connectivity index (χ0n) is 11.5. The van der Waals surface area contributed by atoms with Crippen molar-refractivity contribution < 1.29 is 9.53 Å². The molecule has 1 aromatic carbocycles. The van der Waals surface area contributed by atoms with Gasteiger partial charge in [0.1, 0.15) is 0 Å². The van der Waals surface area contributed by atoms with Crippen molar-refractivity contribution in [3.8, 4) is 0 Å². The molecule has 0 saturated carbocycles. The first-order valence-electron chi connectivity index (χ1n) is 6.57. The van der Waals surface area contributed by atoms with E-state index in [4.69, 9.17) is 27.9 Å². The summed E-state index contributed by atoms with van der Waals surface area (Å²) in [5.41, 5.74) is 0.741. The van der Waals surface area contributed by atoms with E-state index in [2.05, 4.69) is 5.32 Å². The number of carbonyl (C=O) groups excluding carboxylic acids is 1. The Bertz CT molecular complexity index is 466. The maximum atomic E-state index is 12.2. The summed E-state index contributed by atoms with van der Waals surface area (Å²) >= 11 is 11.8. The van der Waals surface area contributed by atoms with E-state index in [0.29, 0.717) is 23.1 Å². The lowest BCUT2D eigenvalue weighted by Gasteiger charge is -2.35. The van der Waals surface area contributed by atoms with E-state index in [1.807, 2.05) is 18.7 Å². The molecule has 0 radical (unpaired) electrons. The number of anilines is 1. The third-order valence-corrected chi connectivity index (χ3v) is 3.52. The number of amides is 1. The van der Waals surface area contributed by atoms with E-state index in [9.17, 15) is 4.79 Å². The second-order valence-electron chi connectivity index (χ2n) is 5.07. The van der Waals surface area contributed by atoms with Gasteiger partial charge in [0, 0.05) is 28.8 Å². The first-order valence-corrected chi connectivity index (χ1v) is 7.33. The first-order chi connectivity index (χ1) is 9.44. The maximum absolute atomic E-state index is 12.2. The Labute approximate surface area is 129 Å². The molecule has 110 valence electrons. The molecule has 1 heterocycles. The van der Waals surface area contributed by atoms with Crippen molar-refractivity contribution in [2.45, 2.75) is 26.1 Å². The molecule has 1 aromatic rings. The molecule has 0 aromatic heterocycles. The Morgan fingerprint density at radius 3 is 2.35 bits per heavy atom. The lowest BCUT2D eigenvalue weighted by Crippen LogP contribution is -2.49. The molecule has 1 N–H and O–H groups in total. The fourth-order valence-electron chi connectivity index (χ4n) is 2.33. The van der Waals surface area contributed by atoms with Crippen molar-refractivity contribution in [3.05, 3.63) is 28.2 Å². The van der Waals surface area contributed by atoms with E-state index in [1.54, 1.807) is 18.2 Å². The highest BCUT2D eigenvalue weighted by Crippen LogP contribution is 2.22. The highest BCUT2D eigenvalue weighted by Gasteiger charge is 2.25. The van der Waals surface area contributed by atoms with Gasteiger partial charge in [0.25, 0.3) is 0 Å². The lowest BCUT2D eigenvalue weighted by molar-refractivity contribution is -0.141. The monoisotopic (exact) mass is 316 g/mol. The minimum atomic E-state index is 0.0445. The predicted molar refractivity (Wildman–Crippen MR) is 81.5 cm³/mol. The Morgan fingerprint density at radius 2 is 1.80 bits per heavy atom. The maximum Gasteiger partial charge on any atom is 0.242 e. The number of hydrogen-bond donors (Lipinski definition) is 1. The molecule has 0 aliphatic carbocycles. The number of halogens is 2. The molecule has 1 aliphatic heterocycles. The van der Waals surface area contributed by atoms with Gasteiger partial charge in [0.15, 0.2) is 0 Å². The molecule has 4 nitrogen and oxygen atoms in total. The fraction of sp³-hybridized carbons (Fsp3) is 0.500. The zero-order chi connectivity index (χ0) is 14.7. The number of benzene rings is 1. The standard InChI is InChI=1S/C14H18Cl2N2O2/c1-9-7-18(8-10(2)20-9)14(19)6-17-13-4-11(15)3-12(16)5-13/h3-5,9-10,17H,6-8H2,1-2H3/t9-,10+. The number of ether oxygens (including phenoxy) is 1. The summed E-state index contributed by atoms with van der Waals surface area (Å²) < 4.78 is 5.61. The van der Waals surface area contributed by atoms with Crippen molar-refractivity contribution >= 4 is 34.8 Å². The zero-order valence-corrected chi connectivity index (χ0v) is 13.0. The third kappa shape index (κ3) is 4.27. The van der Waals surface area contributed by atoms with Crippen LogP contribution in [-0.2, 0) is 9.53 Å². The summed E-state index contributed by atoms with van der Waals surface area (Å²) in [6, 6.07) is 5.14. The van der Waals surface area contributed by atoms with Crippen LogP contribution in [0.4, 0.5) is 5.69 Å². The second-order valence-corrected chi connectivity index (χ2v) is 5.94. The number of morpholine rings is 1. The van der Waals surface area contributed by atoms with Gasteiger partial charge in [-0.15, -0.1) is 0 Å². The van der Waals surface area contributed by atoms with Gasteiger partial charge < -0.3 is 15.0 Å². The largest absolute Gasteiger partial charge is 0.376 e. The van der Waals surface area contributed by atoms with Crippen LogP contribution in [-0.4, -0.2) is 42.6 Å². The molecule has 2 atom stereocenters. The molecule has 20 heavy (non-hydrogen) atoms. The average Bonchev–Trinajstić information content (AvgIpc) is 2.33. The molecule has 2 rings (SSSR count). The van der Waals surface area contributed by atoms with Gasteiger partial charge in [-0.05, 0) is 32.0 Å². The van der Waals surface area contributed by atoms with Crippen LogP contribution < -0.4 is 5.32 Å². The van der Waals surface area contributed by atoms with Crippen molar-refractivity contribution in [1.29, 1.82) is 0 Å². The van der Waals surface area contributed by atoms with Gasteiger partial charge in [-0.2, -0.15) is 0 Å². The summed E-state index contributed by atoms with van der Waals surface area (Å²) in [6.45, 7) is 5.42. The Morgan fingerprint density at radius 1 is 1.25 bits per heavy atom. The summed E-state index contributed by atoms with van der Waals surface area (Å²) in [5, 5.41) is 4.14. The Hall–Kier alpha value is -0.970. The van der Waals surface area contributed by atoms with Gasteiger partial charge in [0.05, 0.1) is 18.8 Å². The Kier molecular flexibility index (Phi) is 5.13. The molecule has 6 heteroatoms. The van der Waals surface area contributed by atoms with Crippen LogP contribution in [0.5, 0.6) is 0 Å². The smallest absolute Gasteiger partial charge is 0.242 e. The van der Waals surface area contributed by atoms with Crippen LogP contribution in [0.3, 0.4) is 0 Å². The normalized spacial score (nSPS) is 22.7. The minimum absolute atomic E-state index is 0.0445. The number of hydrogen-bond acceptors (Lipinski definition) is 3. The molecule has 1 saturated heterocycles. The van der Waals surface area contributed by atoms with Crippen molar-refractivity contribution in [2.24, 2.45) is 0 Å². The molecule has 0 unspecified atom stereocenters. The van der Waals surface area contributed by atoms with Crippen molar-refractivity contribution in [2.75, 3.05) is 25.0 Å². The van der Waals surface area contributed by atoms with Gasteiger partial charge in [-0.1, -0.05) is 23.2 Å². The SMILES string of the molecule is C[C@@H]1CN(C(=O)CNc2cc(Cl)cc(Cl)c2)C[C@H](C)O1. The minimum Gasteiger partial charge on any atom is -0.376 e. The predicted octanol–water partition coefficient (Wildman–Crippen LogP) is 3.04. The van der Waals surface area contributed by atoms with Crippen LogP contribution >= 0.6 is 23.2 Å². The van der Waals surface area contributed by atoms with E-state index in [-0.39, 0.29) is 24.7 Å². The molecule has 1 fully saturated rings. The highest BCUT2D eigenvalue weighted by atomic mass is 35.5. The van der Waals surface area contributed by atoms with Gasteiger partial charge in [-0.3, -0.25) is 4.79 Å². The molecular weight excluding hydrogens is 299 g/mol. The molecular formula is C14H18Cl2N2O2. The van der Waals surface area contributed by atoms with Gasteiger partial charge in [-0.25, -0.2) is 0 Å². The third-order valence-electron chi connectivity index (χ3n) is 3.08. The number of rotatable bonds is 3. The summed E-state index contributed by atoms with van der Waals surface area (Å²) in [5.74, 6) is 0.0445. The number of carbonyl (C=O) groups is 1. The van der Waals surface area contributed by atoms with Crippen LogP contribution in [0.15, 0.2) is 18.2 Å². The van der Waals surface area contributed by atoms with Crippen LogP contribution in [0.2, 0.25) is 10.0 Å². The summed E-state index contributed by atoms with van der Waals surface area (Å²) in [4.78, 5) is 14.0. The average molecular weight is 317 g/mol. The van der Waals surface area contributed by atoms with Crippen molar-refractivity contribution in [1.82, 2.24) is 4.90 Å². The van der Waals surface area contributed by atoms with E-state index in [1.165, 1.54) is 0 Å². The van der Waals surface area contributed by atoms with E-state index in [0.717, 1.165) is 5.69 Å². The van der Waals surface area contributed by atoms with Crippen LogP contribution in [0, 0.1) is 0 Å². The number of nitrogens with zero attached hydrogens (tertiary/aromatic N) is 1. The summed E-state index contributed by atoms with van der Waals surface area (Å²) in [6.07, 6.45) is 0.145. The topological polar surface area (TPSA) is 41.6 Å². The van der Waals surface area contributed by atoms with Crippen molar-refractivity contribution in [3.63, 3.8) is 0 Å². The first kappa shape index (κ1) is 15.4. The quantitative estimate of drug-likeness (QED) is 0.932. The second kappa shape index (κ2) is 6.66. The molecule has 0 bridgehead atoms. The summed E-state index contributed by atoms with van der Waals surface area (Å²) in [7, 11) is 0. The highest BCUT2D eigenvalue weighted by molar-refractivity contribution is 6.35. The molecule has 0 spiro atoms. The fourth-order valence-corrected chi connectivity index (χ4v) is 2.85. The van der Waals surface area contributed by atoms with E-state index >= 15 is 0 Å². The lowest BCUT2D eigenvalue weighted by atomic mass is 10.2. The number of nitrogens with one attached hydrogen (secondary N) is 1. The molecule has 1 amide bonds. The van der Waals surface area contributed by atoms with Crippen LogP contribution in [0.1, 0.15) is 13.8 Å². The van der Waals surface area contributed by atoms with Crippen LogP contribution in [0.25, 0.3) is 0 Å². The van der Waals surface area contributed by atoms with E-state index < -0.39 is 0 Å². The van der Waals surface area contributed by atoms with Gasteiger partial charge in [0.2, 0.25) is 5.91 Å². The van der Waals surface area contributed by atoms with Gasteiger partial charge >= 0.3 is 0 Å².